The van der Waals surface area contributed by atoms with Gasteiger partial charge in [-0.3, -0.25) is 4.79 Å². The fourth-order valence-corrected chi connectivity index (χ4v) is 4.02. The Bertz CT molecular complexity index is 303. The third-order valence-electron chi connectivity index (χ3n) is 5.22. The van der Waals surface area contributed by atoms with Crippen LogP contribution in [-0.4, -0.2) is 37.0 Å². The Hall–Kier alpha value is -0.280. The zero-order valence-electron chi connectivity index (χ0n) is 11.8. The first-order valence-electron chi connectivity index (χ1n) is 7.84. The highest BCUT2D eigenvalue weighted by molar-refractivity contribution is 5.85. The molecule has 0 bridgehead atoms. The predicted molar refractivity (Wildman–Crippen MR) is 79.5 cm³/mol. The van der Waals surface area contributed by atoms with Crippen LogP contribution in [0.4, 0.5) is 0 Å². The van der Waals surface area contributed by atoms with Crippen molar-refractivity contribution in [3.05, 3.63) is 0 Å². The molecule has 3 fully saturated rings. The van der Waals surface area contributed by atoms with Gasteiger partial charge in [0.05, 0.1) is 0 Å². The molecule has 2 saturated heterocycles. The van der Waals surface area contributed by atoms with Gasteiger partial charge in [0.25, 0.3) is 0 Å². The van der Waals surface area contributed by atoms with E-state index in [1.54, 1.807) is 0 Å². The smallest absolute Gasteiger partial charge is 0.225 e. The number of amides is 1. The normalized spacial score (nSPS) is 32.3. The molecule has 0 aromatic heterocycles. The lowest BCUT2D eigenvalue weighted by Gasteiger charge is -2.36. The lowest BCUT2D eigenvalue weighted by atomic mass is 9.87. The first-order valence-corrected chi connectivity index (χ1v) is 7.84. The van der Waals surface area contributed by atoms with Crippen LogP contribution in [0.5, 0.6) is 0 Å². The number of rotatable bonds is 1. The maximum Gasteiger partial charge on any atom is 0.225 e. The van der Waals surface area contributed by atoms with Crippen molar-refractivity contribution >= 4 is 18.3 Å². The summed E-state index contributed by atoms with van der Waals surface area (Å²) in [5, 5.41) is 3.48. The minimum absolute atomic E-state index is 0. The number of hydrogen-bond donors (Lipinski definition) is 1. The maximum absolute atomic E-state index is 12.6. The van der Waals surface area contributed by atoms with Crippen LogP contribution in [0.3, 0.4) is 0 Å². The van der Waals surface area contributed by atoms with E-state index >= 15 is 0 Å². The van der Waals surface area contributed by atoms with Gasteiger partial charge in [0.2, 0.25) is 5.91 Å². The molecule has 2 heterocycles. The molecule has 1 saturated carbocycles. The van der Waals surface area contributed by atoms with Crippen molar-refractivity contribution in [1.82, 2.24) is 10.2 Å². The van der Waals surface area contributed by atoms with Crippen molar-refractivity contribution in [3.8, 4) is 0 Å². The Morgan fingerprint density at radius 3 is 2.37 bits per heavy atom. The molecule has 3 aliphatic rings. The summed E-state index contributed by atoms with van der Waals surface area (Å²) in [5.74, 6) is 2.39. The summed E-state index contributed by atoms with van der Waals surface area (Å²) in [6, 6.07) is 0. The monoisotopic (exact) mass is 286 g/mol. The molecule has 19 heavy (non-hydrogen) atoms. The lowest BCUT2D eigenvalue weighted by Crippen LogP contribution is -2.45. The Morgan fingerprint density at radius 1 is 0.947 bits per heavy atom. The van der Waals surface area contributed by atoms with Gasteiger partial charge < -0.3 is 10.2 Å². The number of carbonyl (C=O) groups excluding carboxylic acids is 1. The molecular weight excluding hydrogens is 260 g/mol. The lowest BCUT2D eigenvalue weighted by molar-refractivity contribution is -0.138. The van der Waals surface area contributed by atoms with E-state index in [4.69, 9.17) is 0 Å². The average Bonchev–Trinajstić information content (AvgIpc) is 2.69. The van der Waals surface area contributed by atoms with E-state index in [0.29, 0.717) is 11.8 Å². The first-order chi connectivity index (χ1) is 8.84. The Morgan fingerprint density at radius 2 is 1.63 bits per heavy atom. The van der Waals surface area contributed by atoms with E-state index in [0.717, 1.165) is 44.3 Å². The summed E-state index contributed by atoms with van der Waals surface area (Å²) in [6.45, 7) is 4.33. The van der Waals surface area contributed by atoms with Gasteiger partial charge in [-0.05, 0) is 44.2 Å². The Balaban J connectivity index is 0.00000133. The number of nitrogens with zero attached hydrogens (tertiary/aromatic N) is 1. The van der Waals surface area contributed by atoms with E-state index < -0.39 is 0 Å². The quantitative estimate of drug-likeness (QED) is 0.751. The van der Waals surface area contributed by atoms with Crippen LogP contribution in [0, 0.1) is 17.8 Å². The zero-order chi connectivity index (χ0) is 12.4. The van der Waals surface area contributed by atoms with E-state index in [2.05, 4.69) is 10.2 Å². The summed E-state index contributed by atoms with van der Waals surface area (Å²) in [4.78, 5) is 14.8. The summed E-state index contributed by atoms with van der Waals surface area (Å²) < 4.78 is 0. The van der Waals surface area contributed by atoms with Crippen molar-refractivity contribution in [2.75, 3.05) is 26.2 Å². The van der Waals surface area contributed by atoms with Gasteiger partial charge in [-0.15, -0.1) is 12.4 Å². The standard InChI is InChI=1S/C15H26N2O.ClH/c18-15(12-5-3-1-2-4-6-12)17-8-7-13-9-16-10-14(13)11-17;/h12-14,16H,1-11H2;1H. The van der Waals surface area contributed by atoms with E-state index in [1.807, 2.05) is 0 Å². The highest BCUT2D eigenvalue weighted by Crippen LogP contribution is 2.30. The predicted octanol–water partition coefficient (Wildman–Crippen LogP) is 2.45. The van der Waals surface area contributed by atoms with Crippen molar-refractivity contribution in [1.29, 1.82) is 0 Å². The summed E-state index contributed by atoms with van der Waals surface area (Å²) in [6.07, 6.45) is 8.69. The molecule has 0 radical (unpaired) electrons. The fourth-order valence-electron chi connectivity index (χ4n) is 4.02. The largest absolute Gasteiger partial charge is 0.342 e. The van der Waals surface area contributed by atoms with Crippen LogP contribution >= 0.6 is 12.4 Å². The minimum Gasteiger partial charge on any atom is -0.342 e. The molecule has 0 aromatic carbocycles. The zero-order valence-corrected chi connectivity index (χ0v) is 12.6. The minimum atomic E-state index is 0. The van der Waals surface area contributed by atoms with Gasteiger partial charge in [-0.2, -0.15) is 0 Å². The number of nitrogens with one attached hydrogen (secondary N) is 1. The summed E-state index contributed by atoms with van der Waals surface area (Å²) in [5.41, 5.74) is 0. The fraction of sp³-hybridized carbons (Fsp3) is 0.933. The second-order valence-corrected chi connectivity index (χ2v) is 6.44. The number of likely N-dealkylation sites (tertiary alicyclic amines) is 1. The van der Waals surface area contributed by atoms with Gasteiger partial charge in [0, 0.05) is 19.0 Å². The van der Waals surface area contributed by atoms with Gasteiger partial charge in [-0.1, -0.05) is 25.7 Å². The molecule has 3 rings (SSSR count). The van der Waals surface area contributed by atoms with Crippen molar-refractivity contribution in [2.45, 2.75) is 44.9 Å². The summed E-state index contributed by atoms with van der Waals surface area (Å²) >= 11 is 0. The first kappa shape index (κ1) is 15.1. The Kier molecular flexibility index (Phi) is 5.52. The average molecular weight is 287 g/mol. The van der Waals surface area contributed by atoms with Crippen molar-refractivity contribution in [2.24, 2.45) is 17.8 Å². The van der Waals surface area contributed by atoms with Crippen LogP contribution in [0.1, 0.15) is 44.9 Å². The highest BCUT2D eigenvalue weighted by atomic mass is 35.5. The van der Waals surface area contributed by atoms with Crippen LogP contribution in [0.2, 0.25) is 0 Å². The van der Waals surface area contributed by atoms with Gasteiger partial charge in [0.1, 0.15) is 0 Å². The number of carbonyl (C=O) groups is 1. The van der Waals surface area contributed by atoms with Crippen molar-refractivity contribution in [3.63, 3.8) is 0 Å². The molecule has 2 unspecified atom stereocenters. The number of halogens is 1. The highest BCUT2D eigenvalue weighted by Gasteiger charge is 2.36. The molecule has 4 heteroatoms. The number of fused-ring (bicyclic) bond motifs is 1. The second-order valence-electron chi connectivity index (χ2n) is 6.44. The third kappa shape index (κ3) is 3.43. The molecule has 3 nitrogen and oxygen atoms in total. The SMILES string of the molecule is Cl.O=C(C1CCCCCC1)N1CCC2CNCC2C1. The van der Waals surface area contributed by atoms with Crippen LogP contribution in [0.25, 0.3) is 0 Å². The Labute approximate surface area is 122 Å². The van der Waals surface area contributed by atoms with Gasteiger partial charge in [0.15, 0.2) is 0 Å². The summed E-state index contributed by atoms with van der Waals surface area (Å²) in [7, 11) is 0. The molecule has 1 amide bonds. The van der Waals surface area contributed by atoms with Crippen LogP contribution in [-0.2, 0) is 4.79 Å². The van der Waals surface area contributed by atoms with Crippen LogP contribution < -0.4 is 5.32 Å². The van der Waals surface area contributed by atoms with Gasteiger partial charge in [-0.25, -0.2) is 0 Å². The van der Waals surface area contributed by atoms with Crippen molar-refractivity contribution < 1.29 is 4.79 Å². The molecular formula is C15H27ClN2O. The van der Waals surface area contributed by atoms with Gasteiger partial charge >= 0.3 is 0 Å². The molecule has 1 N–H and O–H groups in total. The molecule has 1 aliphatic carbocycles. The second kappa shape index (κ2) is 6.94. The molecule has 0 aromatic rings. The molecule has 2 aliphatic heterocycles. The third-order valence-corrected chi connectivity index (χ3v) is 5.22. The number of piperidine rings is 1. The van der Waals surface area contributed by atoms with Crippen LogP contribution in [0.15, 0.2) is 0 Å². The van der Waals surface area contributed by atoms with E-state index in [9.17, 15) is 4.79 Å². The molecule has 110 valence electrons. The topological polar surface area (TPSA) is 32.3 Å². The molecule has 2 atom stereocenters. The maximum atomic E-state index is 12.6. The number of hydrogen-bond acceptors (Lipinski definition) is 2. The molecule has 0 spiro atoms. The van der Waals surface area contributed by atoms with E-state index in [1.165, 1.54) is 38.6 Å². The van der Waals surface area contributed by atoms with E-state index in [-0.39, 0.29) is 12.4 Å².